The van der Waals surface area contributed by atoms with E-state index in [4.69, 9.17) is 28.2 Å². The van der Waals surface area contributed by atoms with Crippen molar-refractivity contribution in [3.05, 3.63) is 87.4 Å². The predicted molar refractivity (Wildman–Crippen MR) is 126 cm³/mol. The second kappa shape index (κ2) is 9.79. The highest BCUT2D eigenvalue weighted by Gasteiger charge is 2.26. The van der Waals surface area contributed by atoms with Gasteiger partial charge in [0.15, 0.2) is 0 Å². The number of halogens is 5. The molecule has 3 aromatic carbocycles. The first kappa shape index (κ1) is 23.7. The molecule has 0 spiro atoms. The summed E-state index contributed by atoms with van der Waals surface area (Å²) in [6.45, 7) is -0.0621. The van der Waals surface area contributed by atoms with Gasteiger partial charge < -0.3 is 5.32 Å². The van der Waals surface area contributed by atoms with Crippen molar-refractivity contribution in [2.45, 2.75) is 28.8 Å². The van der Waals surface area contributed by atoms with E-state index in [1.807, 2.05) is 30.3 Å². The maximum Gasteiger partial charge on any atom is 0.389 e. The van der Waals surface area contributed by atoms with Gasteiger partial charge in [-0.25, -0.2) is 4.99 Å². The zero-order chi connectivity index (χ0) is 23.6. The van der Waals surface area contributed by atoms with Gasteiger partial charge >= 0.3 is 6.18 Å². The highest BCUT2D eigenvalue weighted by molar-refractivity contribution is 7.99. The molecule has 0 bridgehead atoms. The number of benzene rings is 3. The Morgan fingerprint density at radius 3 is 2.52 bits per heavy atom. The zero-order valence-corrected chi connectivity index (χ0v) is 19.4. The van der Waals surface area contributed by atoms with Crippen molar-refractivity contribution in [1.82, 2.24) is 5.32 Å². The Morgan fingerprint density at radius 1 is 0.970 bits per heavy atom. The van der Waals surface area contributed by atoms with Crippen molar-refractivity contribution in [3.8, 4) is 0 Å². The van der Waals surface area contributed by atoms with Crippen LogP contribution in [0.15, 0.2) is 75.4 Å². The Labute approximate surface area is 203 Å². The molecule has 0 fully saturated rings. The topological polar surface area (TPSA) is 41.5 Å². The van der Waals surface area contributed by atoms with Crippen LogP contribution in [-0.4, -0.2) is 24.3 Å². The first-order valence-electron chi connectivity index (χ1n) is 10.0. The average Bonchev–Trinajstić information content (AvgIpc) is 2.94. The minimum Gasteiger partial charge on any atom is -0.352 e. The molecule has 1 N–H and O–H groups in total. The maximum atomic E-state index is 12.5. The monoisotopic (exact) mass is 508 g/mol. The number of hydrogen-bond acceptors (Lipinski definition) is 3. The van der Waals surface area contributed by atoms with E-state index in [0.717, 1.165) is 20.9 Å². The Morgan fingerprint density at radius 2 is 1.76 bits per heavy atom. The van der Waals surface area contributed by atoms with Crippen LogP contribution in [0.25, 0.3) is 0 Å². The van der Waals surface area contributed by atoms with Crippen LogP contribution in [0.1, 0.15) is 34.3 Å². The largest absolute Gasteiger partial charge is 0.389 e. The van der Waals surface area contributed by atoms with Crippen molar-refractivity contribution < 1.29 is 18.0 Å². The van der Waals surface area contributed by atoms with E-state index in [1.165, 1.54) is 11.8 Å². The molecule has 0 aliphatic carbocycles. The van der Waals surface area contributed by atoms with Gasteiger partial charge in [0.25, 0.3) is 5.91 Å². The fourth-order valence-electron chi connectivity index (χ4n) is 3.34. The minimum absolute atomic E-state index is 0.0621. The lowest BCUT2D eigenvalue weighted by Crippen LogP contribution is -2.25. The SMILES string of the molecule is O=C(NCCCC(F)(F)F)c1ccc2c(c1)N=C(c1ccc(Cl)c(Cl)c1)c1ccccc1S2. The normalized spacial score (nSPS) is 12.9. The van der Waals surface area contributed by atoms with Gasteiger partial charge in [0.05, 0.1) is 21.4 Å². The standard InChI is InChI=1S/C24H17Cl2F3N2OS/c25-17-8-6-14(12-18(17)26)22-16-4-1-2-5-20(16)33-21-9-7-15(13-19(21)31-22)23(32)30-11-3-10-24(27,28)29/h1-2,4-9,12-13H,3,10-11H2,(H,30,32). The van der Waals surface area contributed by atoms with E-state index >= 15 is 0 Å². The Bertz CT molecular complexity index is 1240. The highest BCUT2D eigenvalue weighted by Crippen LogP contribution is 2.42. The molecule has 1 aliphatic rings. The van der Waals surface area contributed by atoms with Crippen molar-refractivity contribution in [2.75, 3.05) is 6.54 Å². The summed E-state index contributed by atoms with van der Waals surface area (Å²) in [5.41, 5.74) is 3.27. The zero-order valence-electron chi connectivity index (χ0n) is 17.0. The number of fused-ring (bicyclic) bond motifs is 2. The number of carbonyl (C=O) groups is 1. The Balaban J connectivity index is 1.67. The van der Waals surface area contributed by atoms with E-state index in [2.05, 4.69) is 5.32 Å². The third-order valence-corrected chi connectivity index (χ3v) is 6.81. The van der Waals surface area contributed by atoms with E-state index in [1.54, 1.807) is 30.3 Å². The summed E-state index contributed by atoms with van der Waals surface area (Å²) >= 11 is 13.8. The number of nitrogens with zero attached hydrogens (tertiary/aromatic N) is 1. The first-order valence-corrected chi connectivity index (χ1v) is 11.6. The van der Waals surface area contributed by atoms with E-state index in [9.17, 15) is 18.0 Å². The molecular weight excluding hydrogens is 492 g/mol. The molecule has 0 radical (unpaired) electrons. The maximum absolute atomic E-state index is 12.5. The number of rotatable bonds is 5. The molecule has 0 aromatic heterocycles. The van der Waals surface area contributed by atoms with Crippen LogP contribution >= 0.6 is 35.0 Å². The van der Waals surface area contributed by atoms with Crippen molar-refractivity contribution in [1.29, 1.82) is 0 Å². The van der Waals surface area contributed by atoms with E-state index in [-0.39, 0.29) is 13.0 Å². The quantitative estimate of drug-likeness (QED) is 0.280. The second-order valence-corrected chi connectivity index (χ2v) is 9.24. The molecule has 170 valence electrons. The van der Waals surface area contributed by atoms with Crippen LogP contribution in [0, 0.1) is 0 Å². The van der Waals surface area contributed by atoms with Gasteiger partial charge in [0, 0.05) is 39.4 Å². The molecule has 0 saturated carbocycles. The van der Waals surface area contributed by atoms with E-state index in [0.29, 0.717) is 27.0 Å². The van der Waals surface area contributed by atoms with Gasteiger partial charge in [-0.15, -0.1) is 0 Å². The molecule has 1 heterocycles. The van der Waals surface area contributed by atoms with Crippen molar-refractivity contribution >= 4 is 52.3 Å². The molecule has 0 unspecified atom stereocenters. The number of nitrogens with one attached hydrogen (secondary N) is 1. The molecule has 1 amide bonds. The lowest BCUT2D eigenvalue weighted by molar-refractivity contribution is -0.135. The number of hydrogen-bond donors (Lipinski definition) is 1. The van der Waals surface area contributed by atoms with Gasteiger partial charge in [-0.1, -0.05) is 59.2 Å². The number of alkyl halides is 3. The first-order chi connectivity index (χ1) is 15.7. The minimum atomic E-state index is -4.24. The van der Waals surface area contributed by atoms with Crippen LogP contribution < -0.4 is 5.32 Å². The lowest BCUT2D eigenvalue weighted by atomic mass is 10.0. The van der Waals surface area contributed by atoms with Gasteiger partial charge in [-0.3, -0.25) is 4.79 Å². The van der Waals surface area contributed by atoms with Crippen molar-refractivity contribution in [2.24, 2.45) is 4.99 Å². The summed E-state index contributed by atoms with van der Waals surface area (Å²) in [6, 6.07) is 18.2. The fraction of sp³-hybridized carbons (Fsp3) is 0.167. The molecule has 33 heavy (non-hydrogen) atoms. The number of aliphatic imine (C=N–C) groups is 1. The van der Waals surface area contributed by atoms with Gasteiger partial charge in [-0.05, 0) is 42.8 Å². The van der Waals surface area contributed by atoms with Gasteiger partial charge in [-0.2, -0.15) is 13.2 Å². The summed E-state index contributed by atoms with van der Waals surface area (Å²) in [4.78, 5) is 19.2. The van der Waals surface area contributed by atoms with Gasteiger partial charge in [0.1, 0.15) is 0 Å². The summed E-state index contributed by atoms with van der Waals surface area (Å²) < 4.78 is 37.0. The average molecular weight is 509 g/mol. The Hall–Kier alpha value is -2.48. The van der Waals surface area contributed by atoms with Crippen LogP contribution in [0.3, 0.4) is 0 Å². The molecule has 3 nitrogen and oxygen atoms in total. The molecule has 1 aliphatic heterocycles. The molecule has 9 heteroatoms. The molecule has 3 aromatic rings. The Kier molecular flexibility index (Phi) is 7.02. The van der Waals surface area contributed by atoms with Gasteiger partial charge in [0.2, 0.25) is 0 Å². The van der Waals surface area contributed by atoms with Crippen LogP contribution in [-0.2, 0) is 0 Å². The molecular formula is C24H17Cl2F3N2OS. The summed E-state index contributed by atoms with van der Waals surface area (Å²) in [5.74, 6) is -0.446. The van der Waals surface area contributed by atoms with Crippen LogP contribution in [0.5, 0.6) is 0 Å². The third-order valence-electron chi connectivity index (χ3n) is 4.93. The molecule has 0 saturated heterocycles. The summed E-state index contributed by atoms with van der Waals surface area (Å²) in [5, 5.41) is 3.38. The summed E-state index contributed by atoms with van der Waals surface area (Å²) in [6.07, 6.45) is -5.36. The van der Waals surface area contributed by atoms with Crippen molar-refractivity contribution in [3.63, 3.8) is 0 Å². The second-order valence-electron chi connectivity index (χ2n) is 7.34. The smallest absolute Gasteiger partial charge is 0.352 e. The van der Waals surface area contributed by atoms with Crippen LogP contribution in [0.4, 0.5) is 18.9 Å². The fourth-order valence-corrected chi connectivity index (χ4v) is 4.64. The van der Waals surface area contributed by atoms with E-state index < -0.39 is 18.5 Å². The number of carbonyl (C=O) groups excluding carboxylic acids is 1. The number of amides is 1. The predicted octanol–water partition coefficient (Wildman–Crippen LogP) is 7.70. The van der Waals surface area contributed by atoms with Crippen LogP contribution in [0.2, 0.25) is 10.0 Å². The molecule has 4 rings (SSSR count). The third kappa shape index (κ3) is 5.72. The summed E-state index contributed by atoms with van der Waals surface area (Å²) in [7, 11) is 0. The lowest BCUT2D eigenvalue weighted by Gasteiger charge is -2.10. The highest BCUT2D eigenvalue weighted by atomic mass is 35.5. The molecule has 0 atom stereocenters.